The summed E-state index contributed by atoms with van der Waals surface area (Å²) in [6, 6.07) is 10.5. The highest BCUT2D eigenvalue weighted by atomic mass is 16.2. The minimum absolute atomic E-state index is 0.139. The van der Waals surface area contributed by atoms with Crippen molar-refractivity contribution in [1.82, 2.24) is 19.4 Å². The maximum Gasteiger partial charge on any atom is 0.271 e. The van der Waals surface area contributed by atoms with Crippen molar-refractivity contribution in [2.45, 2.75) is 31.5 Å². The van der Waals surface area contributed by atoms with Crippen LogP contribution in [-0.2, 0) is 6.54 Å². The van der Waals surface area contributed by atoms with Crippen LogP contribution in [0.3, 0.4) is 0 Å². The summed E-state index contributed by atoms with van der Waals surface area (Å²) in [6.07, 6.45) is 6.62. The number of amides is 1. The molecule has 0 aromatic carbocycles. The van der Waals surface area contributed by atoms with Crippen LogP contribution in [0.2, 0.25) is 0 Å². The Morgan fingerprint density at radius 3 is 2.75 bits per heavy atom. The van der Waals surface area contributed by atoms with Gasteiger partial charge in [-0.15, -0.1) is 0 Å². The highest BCUT2D eigenvalue weighted by Gasteiger charge is 2.45. The number of pyridine rings is 1. The lowest BCUT2D eigenvalue weighted by molar-refractivity contribution is 0.0553. The molecule has 2 aromatic rings. The van der Waals surface area contributed by atoms with Crippen molar-refractivity contribution in [3.05, 3.63) is 54.1 Å². The Kier molecular flexibility index (Phi) is 3.23. The number of carbonyl (C=O) groups excluding carboxylic acids is 1. The van der Waals surface area contributed by atoms with Gasteiger partial charge < -0.3 is 9.47 Å². The molecule has 5 heteroatoms. The molecule has 2 atom stereocenters. The summed E-state index contributed by atoms with van der Waals surface area (Å²) in [5.74, 6) is 1.02. The summed E-state index contributed by atoms with van der Waals surface area (Å²) in [5.41, 5.74) is 1.78. The molecule has 0 radical (unpaired) electrons. The predicted molar refractivity (Wildman–Crippen MR) is 90.5 cm³/mol. The molecule has 1 saturated heterocycles. The number of fused-ring (bicyclic) bond motifs is 3. The molecule has 0 unspecified atom stereocenters. The molecule has 4 heterocycles. The summed E-state index contributed by atoms with van der Waals surface area (Å²) >= 11 is 0. The van der Waals surface area contributed by atoms with Gasteiger partial charge in [0, 0.05) is 32.0 Å². The van der Waals surface area contributed by atoms with Crippen molar-refractivity contribution >= 4 is 5.91 Å². The Hall–Kier alpha value is -2.14. The van der Waals surface area contributed by atoms with Gasteiger partial charge in [0.15, 0.2) is 0 Å². The molecule has 0 spiro atoms. The second kappa shape index (κ2) is 5.45. The summed E-state index contributed by atoms with van der Waals surface area (Å²) in [6.45, 7) is 3.82. The normalized spacial score (nSPS) is 26.5. The number of rotatable bonds is 4. The van der Waals surface area contributed by atoms with Crippen molar-refractivity contribution < 1.29 is 4.79 Å². The van der Waals surface area contributed by atoms with Crippen LogP contribution in [0.15, 0.2) is 42.7 Å². The topological polar surface area (TPSA) is 41.4 Å². The monoisotopic (exact) mass is 322 g/mol. The van der Waals surface area contributed by atoms with Gasteiger partial charge in [-0.25, -0.2) is 0 Å². The lowest BCUT2D eigenvalue weighted by Crippen LogP contribution is -2.49. The predicted octanol–water partition coefficient (Wildman–Crippen LogP) is 2.17. The first-order valence-corrected chi connectivity index (χ1v) is 8.89. The average Bonchev–Trinajstić information content (AvgIpc) is 3.10. The van der Waals surface area contributed by atoms with E-state index in [-0.39, 0.29) is 11.9 Å². The van der Waals surface area contributed by atoms with E-state index in [1.165, 1.54) is 19.4 Å². The first-order valence-electron chi connectivity index (χ1n) is 8.89. The fraction of sp³-hybridized carbons (Fsp3) is 0.474. The van der Waals surface area contributed by atoms with Crippen LogP contribution in [-0.4, -0.2) is 50.9 Å². The first-order chi connectivity index (χ1) is 11.8. The molecule has 0 bridgehead atoms. The number of hydrogen-bond acceptors (Lipinski definition) is 3. The van der Waals surface area contributed by atoms with E-state index >= 15 is 0 Å². The third-order valence-electron chi connectivity index (χ3n) is 5.62. The van der Waals surface area contributed by atoms with E-state index in [4.69, 9.17) is 0 Å². The standard InChI is InChI=1S/C19H22N4O/c24-19-16-5-3-9-22(16)17-12-21(10-14-6-7-14)13-18(17)23(19)11-15-4-1-2-8-20-15/h1-5,8-9,14,17-18H,6-7,10-13H2/t17-,18+/m1/s1. The number of carbonyl (C=O) groups is 1. The molecule has 3 aliphatic rings. The Balaban J connectivity index is 1.46. The van der Waals surface area contributed by atoms with Crippen LogP contribution in [0.4, 0.5) is 0 Å². The van der Waals surface area contributed by atoms with E-state index in [0.717, 1.165) is 30.4 Å². The minimum Gasteiger partial charge on any atom is -0.337 e. The maximum absolute atomic E-state index is 13.0. The number of aromatic nitrogens is 2. The molecule has 5 rings (SSSR count). The molecule has 2 fully saturated rings. The Labute approximate surface area is 141 Å². The van der Waals surface area contributed by atoms with Gasteiger partial charge in [0.05, 0.1) is 24.3 Å². The van der Waals surface area contributed by atoms with Gasteiger partial charge in [-0.3, -0.25) is 14.7 Å². The fourth-order valence-corrected chi connectivity index (χ4v) is 4.26. The van der Waals surface area contributed by atoms with Crippen molar-refractivity contribution in [1.29, 1.82) is 0 Å². The Bertz CT molecular complexity index is 752. The van der Waals surface area contributed by atoms with Crippen LogP contribution < -0.4 is 0 Å². The lowest BCUT2D eigenvalue weighted by Gasteiger charge is -2.38. The second-order valence-electron chi connectivity index (χ2n) is 7.35. The van der Waals surface area contributed by atoms with Crippen molar-refractivity contribution in [3.63, 3.8) is 0 Å². The van der Waals surface area contributed by atoms with Crippen LogP contribution >= 0.6 is 0 Å². The van der Waals surface area contributed by atoms with Crippen LogP contribution in [0.25, 0.3) is 0 Å². The van der Waals surface area contributed by atoms with Gasteiger partial charge in [-0.05, 0) is 43.0 Å². The average molecular weight is 322 g/mol. The van der Waals surface area contributed by atoms with E-state index < -0.39 is 0 Å². The van der Waals surface area contributed by atoms with E-state index in [2.05, 4.69) is 25.5 Å². The summed E-state index contributed by atoms with van der Waals surface area (Å²) in [7, 11) is 0. The molecule has 2 aliphatic heterocycles. The van der Waals surface area contributed by atoms with E-state index in [0.29, 0.717) is 12.6 Å². The molecule has 124 valence electrons. The molecule has 5 nitrogen and oxygen atoms in total. The maximum atomic E-state index is 13.0. The summed E-state index contributed by atoms with van der Waals surface area (Å²) < 4.78 is 2.20. The second-order valence-corrected chi connectivity index (χ2v) is 7.35. The van der Waals surface area contributed by atoms with E-state index in [1.807, 2.05) is 30.3 Å². The quantitative estimate of drug-likeness (QED) is 0.866. The zero-order valence-corrected chi connectivity index (χ0v) is 13.7. The molecule has 0 N–H and O–H groups in total. The smallest absolute Gasteiger partial charge is 0.271 e. The molecule has 1 amide bonds. The van der Waals surface area contributed by atoms with Crippen molar-refractivity contribution in [2.75, 3.05) is 19.6 Å². The van der Waals surface area contributed by atoms with Gasteiger partial charge in [-0.1, -0.05) is 6.07 Å². The summed E-state index contributed by atoms with van der Waals surface area (Å²) in [4.78, 5) is 22.1. The van der Waals surface area contributed by atoms with E-state index in [1.54, 1.807) is 6.20 Å². The zero-order chi connectivity index (χ0) is 16.1. The van der Waals surface area contributed by atoms with Crippen molar-refractivity contribution in [2.24, 2.45) is 5.92 Å². The van der Waals surface area contributed by atoms with E-state index in [9.17, 15) is 4.79 Å². The zero-order valence-electron chi connectivity index (χ0n) is 13.7. The van der Waals surface area contributed by atoms with Crippen LogP contribution in [0, 0.1) is 5.92 Å². The number of hydrogen-bond donors (Lipinski definition) is 0. The third-order valence-corrected chi connectivity index (χ3v) is 5.62. The van der Waals surface area contributed by atoms with Crippen molar-refractivity contribution in [3.8, 4) is 0 Å². The molecular formula is C19H22N4O. The number of nitrogens with zero attached hydrogens (tertiary/aromatic N) is 4. The Morgan fingerprint density at radius 2 is 1.96 bits per heavy atom. The lowest BCUT2D eigenvalue weighted by atomic mass is 10.1. The van der Waals surface area contributed by atoms with Crippen LogP contribution in [0.1, 0.15) is 35.1 Å². The fourth-order valence-electron chi connectivity index (χ4n) is 4.26. The largest absolute Gasteiger partial charge is 0.337 e. The Morgan fingerprint density at radius 1 is 1.08 bits per heavy atom. The number of likely N-dealkylation sites (tertiary alicyclic amines) is 1. The van der Waals surface area contributed by atoms with Gasteiger partial charge in [0.1, 0.15) is 5.69 Å². The SMILES string of the molecule is O=C1c2cccn2[C@@H]2CN(CC3CC3)C[C@@H]2N1Cc1ccccn1. The van der Waals surface area contributed by atoms with Crippen LogP contribution in [0.5, 0.6) is 0 Å². The highest BCUT2D eigenvalue weighted by molar-refractivity contribution is 5.94. The highest BCUT2D eigenvalue weighted by Crippen LogP contribution is 2.37. The molecular weight excluding hydrogens is 300 g/mol. The molecule has 1 aliphatic carbocycles. The minimum atomic E-state index is 0.139. The van der Waals surface area contributed by atoms with Gasteiger partial charge in [0.2, 0.25) is 0 Å². The molecule has 24 heavy (non-hydrogen) atoms. The van der Waals surface area contributed by atoms with Gasteiger partial charge in [-0.2, -0.15) is 0 Å². The summed E-state index contributed by atoms with van der Waals surface area (Å²) in [5, 5.41) is 0. The molecule has 2 aromatic heterocycles. The first kappa shape index (κ1) is 14.2. The van der Waals surface area contributed by atoms with Gasteiger partial charge >= 0.3 is 0 Å². The molecule has 1 saturated carbocycles. The third kappa shape index (κ3) is 2.35. The van der Waals surface area contributed by atoms with Gasteiger partial charge in [0.25, 0.3) is 5.91 Å².